The van der Waals surface area contributed by atoms with Crippen molar-refractivity contribution < 1.29 is 4.39 Å². The molecule has 0 bridgehead atoms. The molecule has 0 saturated heterocycles. The molecule has 3 rings (SSSR count). The van der Waals surface area contributed by atoms with E-state index < -0.39 is 5.95 Å². The highest BCUT2D eigenvalue weighted by molar-refractivity contribution is 5.63. The van der Waals surface area contributed by atoms with Crippen LogP contribution in [0.3, 0.4) is 0 Å². The molecule has 0 aliphatic heterocycles. The molecular formula is C22H21FN2. The van der Waals surface area contributed by atoms with E-state index >= 15 is 0 Å². The number of benzene rings is 2. The van der Waals surface area contributed by atoms with E-state index in [0.717, 1.165) is 36.2 Å². The van der Waals surface area contributed by atoms with E-state index in [4.69, 9.17) is 0 Å². The highest BCUT2D eigenvalue weighted by atomic mass is 19.1. The van der Waals surface area contributed by atoms with Gasteiger partial charge in [0.2, 0.25) is 5.95 Å². The van der Waals surface area contributed by atoms with Crippen LogP contribution < -0.4 is 5.32 Å². The summed E-state index contributed by atoms with van der Waals surface area (Å²) in [5, 5.41) is 3.32. The Labute approximate surface area is 148 Å². The molecule has 2 aromatic carbocycles. The van der Waals surface area contributed by atoms with Crippen molar-refractivity contribution in [3.05, 3.63) is 96.7 Å². The van der Waals surface area contributed by atoms with Crippen LogP contribution >= 0.6 is 0 Å². The molecule has 3 heteroatoms. The highest BCUT2D eigenvalue weighted by Gasteiger charge is 2.05. The van der Waals surface area contributed by atoms with Crippen LogP contribution in [-0.4, -0.2) is 4.98 Å². The van der Waals surface area contributed by atoms with Crippen molar-refractivity contribution in [1.29, 1.82) is 0 Å². The number of allylic oxidation sites excluding steroid dienone is 1. The second kappa shape index (κ2) is 8.25. The van der Waals surface area contributed by atoms with Gasteiger partial charge < -0.3 is 5.32 Å². The summed E-state index contributed by atoms with van der Waals surface area (Å²) < 4.78 is 13.7. The van der Waals surface area contributed by atoms with Crippen molar-refractivity contribution in [2.75, 3.05) is 5.32 Å². The summed E-state index contributed by atoms with van der Waals surface area (Å²) in [5.41, 5.74) is 4.70. The molecule has 0 aliphatic rings. The van der Waals surface area contributed by atoms with Crippen LogP contribution in [0.4, 0.5) is 10.1 Å². The molecule has 0 fully saturated rings. The van der Waals surface area contributed by atoms with Crippen molar-refractivity contribution >= 4 is 5.69 Å². The maximum atomic E-state index is 13.7. The molecule has 3 aromatic rings. The van der Waals surface area contributed by atoms with E-state index in [1.54, 1.807) is 12.1 Å². The molecule has 0 radical (unpaired) electrons. The zero-order valence-corrected chi connectivity index (χ0v) is 14.1. The summed E-state index contributed by atoms with van der Waals surface area (Å²) >= 11 is 0. The van der Waals surface area contributed by atoms with Crippen LogP contribution in [0, 0.1) is 5.95 Å². The van der Waals surface area contributed by atoms with Gasteiger partial charge in [0.25, 0.3) is 0 Å². The molecule has 25 heavy (non-hydrogen) atoms. The highest BCUT2D eigenvalue weighted by Crippen LogP contribution is 2.22. The fourth-order valence-corrected chi connectivity index (χ4v) is 2.75. The summed E-state index contributed by atoms with van der Waals surface area (Å²) in [6.07, 6.45) is 4.35. The lowest BCUT2D eigenvalue weighted by atomic mass is 10.0. The molecule has 0 amide bonds. The standard InChI is InChI=1S/C22H21FN2/c1-17(25-20-9-3-2-4-10-20)7-5-8-18-12-14-19(15-13-18)21-11-6-16-24-22(21)23/h2-4,6,9-16,25H,1,5,7-8H2. The number of aryl methyl sites for hydroxylation is 1. The number of para-hydroxylation sites is 1. The second-order valence-corrected chi connectivity index (χ2v) is 5.99. The molecule has 2 nitrogen and oxygen atoms in total. The van der Waals surface area contributed by atoms with Crippen molar-refractivity contribution in [3.8, 4) is 11.1 Å². The molecule has 0 unspecified atom stereocenters. The van der Waals surface area contributed by atoms with E-state index in [1.165, 1.54) is 11.8 Å². The number of hydrogen-bond acceptors (Lipinski definition) is 2. The average molecular weight is 332 g/mol. The van der Waals surface area contributed by atoms with Crippen LogP contribution in [0.25, 0.3) is 11.1 Å². The van der Waals surface area contributed by atoms with Gasteiger partial charge in [-0.1, -0.05) is 49.0 Å². The van der Waals surface area contributed by atoms with Crippen LogP contribution in [-0.2, 0) is 6.42 Å². The predicted octanol–water partition coefficient (Wildman–Crippen LogP) is 5.84. The summed E-state index contributed by atoms with van der Waals surface area (Å²) in [5.74, 6) is -0.432. The van der Waals surface area contributed by atoms with Gasteiger partial charge in [-0.25, -0.2) is 4.98 Å². The van der Waals surface area contributed by atoms with E-state index in [-0.39, 0.29) is 0 Å². The Bertz CT molecular complexity index is 826. The number of rotatable bonds is 7. The van der Waals surface area contributed by atoms with Gasteiger partial charge in [-0.15, -0.1) is 0 Å². The Kier molecular flexibility index (Phi) is 5.57. The van der Waals surface area contributed by atoms with Gasteiger partial charge >= 0.3 is 0 Å². The Morgan fingerprint density at radius 1 is 0.960 bits per heavy atom. The van der Waals surface area contributed by atoms with Gasteiger partial charge in [-0.05, 0) is 54.7 Å². The van der Waals surface area contributed by atoms with Crippen molar-refractivity contribution in [2.24, 2.45) is 0 Å². The van der Waals surface area contributed by atoms with Gasteiger partial charge in [0.05, 0.1) is 0 Å². The van der Waals surface area contributed by atoms with Crippen LogP contribution in [0.15, 0.2) is 85.2 Å². The zero-order chi connectivity index (χ0) is 17.5. The van der Waals surface area contributed by atoms with E-state index in [2.05, 4.69) is 29.0 Å². The topological polar surface area (TPSA) is 24.9 Å². The fourth-order valence-electron chi connectivity index (χ4n) is 2.75. The van der Waals surface area contributed by atoms with Gasteiger partial charge in [-0.3, -0.25) is 0 Å². The predicted molar refractivity (Wildman–Crippen MR) is 102 cm³/mol. The smallest absolute Gasteiger partial charge is 0.220 e. The lowest BCUT2D eigenvalue weighted by molar-refractivity contribution is 0.587. The average Bonchev–Trinajstić information content (AvgIpc) is 2.64. The number of nitrogens with one attached hydrogen (secondary N) is 1. The number of anilines is 1. The summed E-state index contributed by atoms with van der Waals surface area (Å²) in [7, 11) is 0. The maximum absolute atomic E-state index is 13.7. The Morgan fingerprint density at radius 3 is 2.44 bits per heavy atom. The first-order valence-corrected chi connectivity index (χ1v) is 8.42. The first-order valence-electron chi connectivity index (χ1n) is 8.42. The van der Waals surface area contributed by atoms with Crippen LogP contribution in [0.1, 0.15) is 18.4 Å². The molecule has 1 heterocycles. The number of aromatic nitrogens is 1. The monoisotopic (exact) mass is 332 g/mol. The number of nitrogens with zero attached hydrogens (tertiary/aromatic N) is 1. The van der Waals surface area contributed by atoms with E-state index in [0.29, 0.717) is 5.56 Å². The molecule has 0 saturated carbocycles. The minimum absolute atomic E-state index is 0.432. The Balaban J connectivity index is 1.51. The fraction of sp³-hybridized carbons (Fsp3) is 0.136. The molecule has 0 aliphatic carbocycles. The third kappa shape index (κ3) is 4.77. The van der Waals surface area contributed by atoms with Crippen LogP contribution in [0.2, 0.25) is 0 Å². The van der Waals surface area contributed by atoms with Gasteiger partial charge in [-0.2, -0.15) is 4.39 Å². The molecule has 126 valence electrons. The molecule has 1 N–H and O–H groups in total. The molecular weight excluding hydrogens is 311 g/mol. The lowest BCUT2D eigenvalue weighted by Crippen LogP contribution is -1.98. The molecule has 0 spiro atoms. The maximum Gasteiger partial charge on any atom is 0.220 e. The van der Waals surface area contributed by atoms with E-state index in [1.807, 2.05) is 42.5 Å². The number of hydrogen-bond donors (Lipinski definition) is 1. The van der Waals surface area contributed by atoms with Gasteiger partial charge in [0, 0.05) is 23.1 Å². The summed E-state index contributed by atoms with van der Waals surface area (Å²) in [6.45, 7) is 4.08. The molecule has 1 aromatic heterocycles. The first-order chi connectivity index (χ1) is 12.2. The minimum Gasteiger partial charge on any atom is -0.359 e. The third-order valence-corrected chi connectivity index (χ3v) is 4.06. The SMILES string of the molecule is C=C(CCCc1ccc(-c2cccnc2F)cc1)Nc1ccccc1. The largest absolute Gasteiger partial charge is 0.359 e. The number of pyridine rings is 1. The first kappa shape index (κ1) is 16.9. The minimum atomic E-state index is -0.432. The van der Waals surface area contributed by atoms with Crippen LogP contribution in [0.5, 0.6) is 0 Å². The summed E-state index contributed by atoms with van der Waals surface area (Å²) in [6, 6.07) is 21.6. The zero-order valence-electron chi connectivity index (χ0n) is 14.1. The normalized spacial score (nSPS) is 10.4. The van der Waals surface area contributed by atoms with Gasteiger partial charge in [0.1, 0.15) is 0 Å². The molecule has 0 atom stereocenters. The van der Waals surface area contributed by atoms with Crippen molar-refractivity contribution in [1.82, 2.24) is 4.98 Å². The number of halogens is 1. The Morgan fingerprint density at radius 2 is 1.72 bits per heavy atom. The third-order valence-electron chi connectivity index (χ3n) is 4.06. The second-order valence-electron chi connectivity index (χ2n) is 5.99. The van der Waals surface area contributed by atoms with Crippen molar-refractivity contribution in [2.45, 2.75) is 19.3 Å². The van der Waals surface area contributed by atoms with Gasteiger partial charge in [0.15, 0.2) is 0 Å². The Hall–Kier alpha value is -2.94. The van der Waals surface area contributed by atoms with E-state index in [9.17, 15) is 4.39 Å². The lowest BCUT2D eigenvalue weighted by Gasteiger charge is -2.10. The quantitative estimate of drug-likeness (QED) is 0.550. The summed E-state index contributed by atoms with van der Waals surface area (Å²) in [4.78, 5) is 3.70. The van der Waals surface area contributed by atoms with Crippen molar-refractivity contribution in [3.63, 3.8) is 0 Å².